The van der Waals surface area contributed by atoms with Gasteiger partial charge in [-0.05, 0) is 32.6 Å². The Bertz CT molecular complexity index is 635. The Morgan fingerprint density at radius 2 is 1.72 bits per heavy atom. The van der Waals surface area contributed by atoms with Gasteiger partial charge in [0.1, 0.15) is 0 Å². The Kier molecular flexibility index (Phi) is 15.3. The quantitative estimate of drug-likeness (QED) is 0.225. The zero-order valence-corrected chi connectivity index (χ0v) is 19.2. The Balaban J connectivity index is 4.49. The lowest BCUT2D eigenvalue weighted by Crippen LogP contribution is -2.31. The number of carbonyl (C=O) groups is 2. The molecule has 0 aromatic carbocycles. The summed E-state index contributed by atoms with van der Waals surface area (Å²) < 4.78 is 35.4. The fraction of sp³-hybridized carbons (Fsp3) is 0.810. The van der Waals surface area contributed by atoms with Gasteiger partial charge in [0.2, 0.25) is 10.0 Å². The Hall–Kier alpha value is -1.59. The van der Waals surface area contributed by atoms with Gasteiger partial charge in [-0.25, -0.2) is 8.42 Å². The molecule has 0 bridgehead atoms. The van der Waals surface area contributed by atoms with Crippen molar-refractivity contribution in [1.82, 2.24) is 4.31 Å². The third-order valence-corrected chi connectivity index (χ3v) is 5.46. The fourth-order valence-corrected chi connectivity index (χ4v) is 3.45. The molecule has 0 N–H and O–H groups in total. The van der Waals surface area contributed by atoms with Crippen LogP contribution in [0.15, 0.2) is 0 Å². The van der Waals surface area contributed by atoms with E-state index in [1.807, 2.05) is 0 Å². The van der Waals surface area contributed by atoms with E-state index >= 15 is 0 Å². The number of rotatable bonds is 15. The summed E-state index contributed by atoms with van der Waals surface area (Å²) in [5, 5.41) is 0. The second-order valence-corrected chi connectivity index (χ2v) is 8.96. The summed E-state index contributed by atoms with van der Waals surface area (Å²) in [5.74, 6) is 5.18. The number of nitrogens with zero attached hydrogens (tertiary/aromatic N) is 1. The van der Waals surface area contributed by atoms with Crippen LogP contribution in [-0.2, 0) is 29.1 Å². The van der Waals surface area contributed by atoms with Crippen LogP contribution in [0.5, 0.6) is 0 Å². The normalized spacial score (nSPS) is 12.2. The van der Waals surface area contributed by atoms with Gasteiger partial charge in [0.15, 0.2) is 6.10 Å². The van der Waals surface area contributed by atoms with Gasteiger partial charge in [-0.1, -0.05) is 44.4 Å². The summed E-state index contributed by atoms with van der Waals surface area (Å²) in [6.45, 7) is 6.06. The molecular weight excluding hydrogens is 394 g/mol. The van der Waals surface area contributed by atoms with Gasteiger partial charge in [0, 0.05) is 19.9 Å². The summed E-state index contributed by atoms with van der Waals surface area (Å²) in [7, 11) is -3.37. The summed E-state index contributed by atoms with van der Waals surface area (Å²) in [5.41, 5.74) is 0. The molecule has 0 spiro atoms. The van der Waals surface area contributed by atoms with E-state index in [1.54, 1.807) is 6.92 Å². The topological polar surface area (TPSA) is 90.0 Å². The van der Waals surface area contributed by atoms with Gasteiger partial charge >= 0.3 is 11.9 Å². The highest BCUT2D eigenvalue weighted by Gasteiger charge is 2.15. The molecule has 0 fully saturated rings. The van der Waals surface area contributed by atoms with E-state index in [2.05, 4.69) is 18.8 Å². The number of hydrogen-bond donors (Lipinski definition) is 0. The molecule has 0 aromatic rings. The van der Waals surface area contributed by atoms with Crippen LogP contribution < -0.4 is 0 Å². The van der Waals surface area contributed by atoms with Gasteiger partial charge in [-0.2, -0.15) is 4.31 Å². The van der Waals surface area contributed by atoms with E-state index in [1.165, 1.54) is 17.5 Å². The van der Waals surface area contributed by atoms with Gasteiger partial charge < -0.3 is 9.47 Å². The van der Waals surface area contributed by atoms with Crippen LogP contribution >= 0.6 is 0 Å². The maximum atomic E-state index is 12.0. The summed E-state index contributed by atoms with van der Waals surface area (Å²) >= 11 is 0. The van der Waals surface area contributed by atoms with Crippen molar-refractivity contribution in [1.29, 1.82) is 0 Å². The first-order valence-corrected chi connectivity index (χ1v) is 12.3. The Morgan fingerprint density at radius 3 is 2.31 bits per heavy atom. The number of hydrogen-bond acceptors (Lipinski definition) is 6. The zero-order chi connectivity index (χ0) is 22.1. The fourth-order valence-electron chi connectivity index (χ4n) is 2.69. The monoisotopic (exact) mass is 431 g/mol. The minimum atomic E-state index is -3.37. The third kappa shape index (κ3) is 16.0. The smallest absolute Gasteiger partial charge is 0.305 e. The number of unbranched alkanes of at least 4 members (excludes halogenated alkanes) is 5. The molecule has 29 heavy (non-hydrogen) atoms. The second-order valence-electron chi connectivity index (χ2n) is 6.98. The molecule has 0 radical (unpaired) electrons. The highest BCUT2D eigenvalue weighted by atomic mass is 32.2. The van der Waals surface area contributed by atoms with E-state index in [-0.39, 0.29) is 18.5 Å². The number of esters is 2. The van der Waals surface area contributed by atoms with Crippen LogP contribution in [0, 0.1) is 11.8 Å². The van der Waals surface area contributed by atoms with Gasteiger partial charge in [-0.3, -0.25) is 9.59 Å². The van der Waals surface area contributed by atoms with Crippen molar-refractivity contribution in [3.05, 3.63) is 0 Å². The van der Waals surface area contributed by atoms with Crippen LogP contribution in [0.25, 0.3) is 0 Å². The zero-order valence-electron chi connectivity index (χ0n) is 18.4. The van der Waals surface area contributed by atoms with E-state index in [4.69, 9.17) is 9.47 Å². The van der Waals surface area contributed by atoms with Gasteiger partial charge in [0.25, 0.3) is 0 Å². The second kappa shape index (κ2) is 16.2. The molecule has 0 aliphatic carbocycles. The van der Waals surface area contributed by atoms with Crippen LogP contribution in [0.4, 0.5) is 0 Å². The third-order valence-electron chi connectivity index (χ3n) is 4.21. The predicted octanol–water partition coefficient (Wildman–Crippen LogP) is 3.28. The molecule has 0 aromatic heterocycles. The summed E-state index contributed by atoms with van der Waals surface area (Å²) in [6, 6.07) is 0. The Labute approximate surface area is 176 Å². The average Bonchev–Trinajstić information content (AvgIpc) is 2.61. The molecule has 0 amide bonds. The number of sulfonamides is 1. The van der Waals surface area contributed by atoms with E-state index in [9.17, 15) is 18.0 Å². The van der Waals surface area contributed by atoms with Crippen molar-refractivity contribution in [3.63, 3.8) is 0 Å². The first-order chi connectivity index (χ1) is 13.7. The lowest BCUT2D eigenvalue weighted by atomic mass is 10.1. The van der Waals surface area contributed by atoms with Crippen LogP contribution in [-0.4, -0.2) is 56.7 Å². The molecule has 0 saturated heterocycles. The largest absolute Gasteiger partial charge is 0.466 e. The molecule has 1 unspecified atom stereocenters. The average molecular weight is 432 g/mol. The minimum absolute atomic E-state index is 0.0766. The highest BCUT2D eigenvalue weighted by Crippen LogP contribution is 2.09. The highest BCUT2D eigenvalue weighted by molar-refractivity contribution is 7.88. The molecule has 0 aliphatic rings. The van der Waals surface area contributed by atoms with Gasteiger partial charge in [0.05, 0.1) is 19.4 Å². The molecule has 8 heteroatoms. The lowest BCUT2D eigenvalue weighted by molar-refractivity contribution is -0.144. The first-order valence-electron chi connectivity index (χ1n) is 10.5. The Morgan fingerprint density at radius 1 is 1.03 bits per heavy atom. The molecule has 7 nitrogen and oxygen atoms in total. The molecular formula is C21H37NO6S. The molecule has 0 aliphatic heterocycles. The minimum Gasteiger partial charge on any atom is -0.466 e. The standard InChI is InChI=1S/C21H37NO6S/c1-5-7-10-14-20(28-19(3)23)15-13-18-22(29(4,25)26)17-12-9-8-11-16-21(24)27-6-2/h20H,5-12,14,16-18H2,1-4H3. The van der Waals surface area contributed by atoms with E-state index in [0.29, 0.717) is 32.4 Å². The van der Waals surface area contributed by atoms with Crippen molar-refractivity contribution in [2.45, 2.75) is 84.7 Å². The summed E-state index contributed by atoms with van der Waals surface area (Å²) in [4.78, 5) is 22.5. The number of carbonyl (C=O) groups excluding carboxylic acids is 2. The van der Waals surface area contributed by atoms with E-state index in [0.717, 1.165) is 38.5 Å². The first kappa shape index (κ1) is 27.4. The molecule has 168 valence electrons. The molecule has 0 heterocycles. The maximum absolute atomic E-state index is 12.0. The number of ether oxygens (including phenoxy) is 2. The lowest BCUT2D eigenvalue weighted by Gasteiger charge is -2.17. The molecule has 1 atom stereocenters. The van der Waals surface area contributed by atoms with Crippen molar-refractivity contribution < 1.29 is 27.5 Å². The van der Waals surface area contributed by atoms with E-state index < -0.39 is 16.1 Å². The SMILES string of the molecule is CCCCCC(C#CCN(CCCCCCC(=O)OCC)S(C)(=O)=O)OC(C)=O. The molecule has 0 saturated carbocycles. The molecule has 0 rings (SSSR count). The summed E-state index contributed by atoms with van der Waals surface area (Å²) in [6.07, 6.45) is 7.81. The maximum Gasteiger partial charge on any atom is 0.305 e. The van der Waals surface area contributed by atoms with Crippen LogP contribution in [0.3, 0.4) is 0 Å². The van der Waals surface area contributed by atoms with Crippen molar-refractivity contribution in [3.8, 4) is 11.8 Å². The van der Waals surface area contributed by atoms with Gasteiger partial charge in [-0.15, -0.1) is 0 Å². The van der Waals surface area contributed by atoms with Crippen molar-refractivity contribution in [2.75, 3.05) is 26.0 Å². The van der Waals surface area contributed by atoms with Crippen LogP contribution in [0.2, 0.25) is 0 Å². The van der Waals surface area contributed by atoms with Crippen molar-refractivity contribution in [2.24, 2.45) is 0 Å². The predicted molar refractivity (Wildman–Crippen MR) is 114 cm³/mol. The van der Waals surface area contributed by atoms with Crippen LogP contribution in [0.1, 0.15) is 78.6 Å². The van der Waals surface area contributed by atoms with Crippen molar-refractivity contribution >= 4 is 22.0 Å².